The van der Waals surface area contributed by atoms with Crippen LogP contribution in [0.5, 0.6) is 11.5 Å². The van der Waals surface area contributed by atoms with Crippen LogP contribution in [0.4, 0.5) is 0 Å². The number of nitriles is 5. The van der Waals surface area contributed by atoms with Crippen LogP contribution in [0.1, 0.15) is 320 Å². The summed E-state index contributed by atoms with van der Waals surface area (Å²) >= 11 is 0. The van der Waals surface area contributed by atoms with Gasteiger partial charge < -0.3 is 52.1 Å². The molecule has 0 radical (unpaired) electrons. The number of carbonyl (C=O) groups is 10. The SMILES string of the molecule is C=C(C)COC(=O)C(C)(C)CC.C=C1C2CCC(C2)C1OC(=O)C(C)(C)CC.C=CCOC(=O)C(C)(C)CC.C=COC(=O)C(C)(C)CC.C=COCCOC(=O)C(C)CC.CCC(C)(C)C(=O)OCCC#N.CCC(C)C(=O)OC1(C#N)CCCCC1.CCC(C)C(=O)OCCC#N.CCC(C)C(=O)Oc1ccc(C#N)cc1.CCC(C)C(=O)Oc1ccccc1C#N. The quantitative estimate of drug-likeness (QED) is 0.0151. The topological polar surface area (TPSA) is 391 Å². The molecule has 2 bridgehead atoms. The van der Waals surface area contributed by atoms with Gasteiger partial charge in [-0.05, 0) is 226 Å². The van der Waals surface area contributed by atoms with Gasteiger partial charge in [-0.15, -0.1) is 0 Å². The van der Waals surface area contributed by atoms with Gasteiger partial charge >= 0.3 is 59.7 Å². The third kappa shape index (κ3) is 54.9. The summed E-state index contributed by atoms with van der Waals surface area (Å²) in [6.45, 7) is 68.9. The number of benzene rings is 2. The molecule has 0 aromatic heterocycles. The third-order valence-corrected chi connectivity index (χ3v) is 22.3. The Bertz CT molecular complexity index is 3940. The van der Waals surface area contributed by atoms with Gasteiger partial charge in [-0.1, -0.05) is 161 Å². The van der Waals surface area contributed by atoms with Crippen molar-refractivity contribution in [2.24, 2.45) is 68.5 Å². The minimum absolute atomic E-state index is 0.0112. The minimum atomic E-state index is -0.821. The van der Waals surface area contributed by atoms with E-state index in [1.807, 2.05) is 197 Å². The van der Waals surface area contributed by atoms with E-state index in [2.05, 4.69) is 43.7 Å². The second-order valence-electron chi connectivity index (χ2n) is 34.9. The zero-order chi connectivity index (χ0) is 100. The molecule has 3 aliphatic rings. The lowest BCUT2D eigenvalue weighted by Gasteiger charge is -2.31. The molecule has 3 aliphatic carbocycles. The number of rotatable bonds is 37. The summed E-state index contributed by atoms with van der Waals surface area (Å²) in [5.74, 6) is -0.327. The molecule has 2 aromatic rings. The van der Waals surface area contributed by atoms with Crippen molar-refractivity contribution >= 4 is 59.7 Å². The van der Waals surface area contributed by atoms with Crippen molar-refractivity contribution in [3.63, 3.8) is 0 Å². The molecule has 0 aliphatic heterocycles. The summed E-state index contributed by atoms with van der Waals surface area (Å²) in [5.41, 5.74) is 0.266. The number of para-hydroxylation sites is 1. The van der Waals surface area contributed by atoms with Gasteiger partial charge in [0.25, 0.3) is 0 Å². The molecule has 3 saturated carbocycles. The molecular formula is C103H159N5O21. The summed E-state index contributed by atoms with van der Waals surface area (Å²) in [6.07, 6.45) is 20.6. The molecule has 26 nitrogen and oxygen atoms in total. The van der Waals surface area contributed by atoms with E-state index < -0.39 is 11.0 Å². The second kappa shape index (κ2) is 70.0. The highest BCUT2D eigenvalue weighted by Gasteiger charge is 2.46. The number of esters is 10. The monoisotopic (exact) mass is 1800 g/mol. The molecular weight excluding hydrogens is 1640 g/mol. The molecule has 8 atom stereocenters. The maximum Gasteiger partial charge on any atom is 0.316 e. The molecule has 26 heteroatoms. The van der Waals surface area contributed by atoms with Crippen molar-refractivity contribution in [2.75, 3.05) is 39.6 Å². The van der Waals surface area contributed by atoms with Crippen molar-refractivity contribution in [2.45, 2.75) is 320 Å². The highest BCUT2D eigenvalue weighted by Crippen LogP contribution is 2.49. The maximum absolute atomic E-state index is 12.0. The van der Waals surface area contributed by atoms with E-state index in [1.165, 1.54) is 31.8 Å². The van der Waals surface area contributed by atoms with Crippen LogP contribution in [0.15, 0.2) is 111 Å². The highest BCUT2D eigenvalue weighted by atomic mass is 16.6. The Morgan fingerprint density at radius 3 is 1.30 bits per heavy atom. The summed E-state index contributed by atoms with van der Waals surface area (Å²) in [6, 6.07) is 23.2. The Hall–Kier alpha value is -10.9. The zero-order valence-corrected chi connectivity index (χ0v) is 83.2. The first-order valence-corrected chi connectivity index (χ1v) is 45.3. The summed E-state index contributed by atoms with van der Waals surface area (Å²) in [4.78, 5) is 113. The molecule has 0 amide bonds. The molecule has 0 spiro atoms. The minimum Gasteiger partial charge on any atom is -0.498 e. The molecule has 129 heavy (non-hydrogen) atoms. The number of ether oxygens (including phenoxy) is 11. The molecule has 0 heterocycles. The smallest absolute Gasteiger partial charge is 0.316 e. The van der Waals surface area contributed by atoms with Gasteiger partial charge in [-0.25, -0.2) is 0 Å². The van der Waals surface area contributed by atoms with Gasteiger partial charge in [0.15, 0.2) is 5.60 Å². The molecule has 0 N–H and O–H groups in total. The van der Waals surface area contributed by atoms with E-state index in [9.17, 15) is 47.9 Å². The first kappa shape index (κ1) is 127. The fourth-order valence-corrected chi connectivity index (χ4v) is 9.58. The van der Waals surface area contributed by atoms with Gasteiger partial charge in [-0.2, -0.15) is 26.3 Å². The summed E-state index contributed by atoms with van der Waals surface area (Å²) in [7, 11) is 0. The molecule has 8 unspecified atom stereocenters. The van der Waals surface area contributed by atoms with Crippen LogP contribution in [0.3, 0.4) is 0 Å². The van der Waals surface area contributed by atoms with Crippen molar-refractivity contribution in [3.8, 4) is 41.8 Å². The Balaban J connectivity index is -0.000000443. The van der Waals surface area contributed by atoms with Crippen molar-refractivity contribution in [3.05, 3.63) is 122 Å². The van der Waals surface area contributed by atoms with Crippen LogP contribution in [0.2, 0.25) is 0 Å². The van der Waals surface area contributed by atoms with E-state index in [0.717, 1.165) is 94.6 Å². The standard InChI is InChI=1S/C14H22O2.2C12H13NO2.C12H19NO2.C10H18O2.C9H15NO2.C9H16O3.C9H16O2.C8H13NO2.C8H14O2/c1-5-14(3,4)13(15)16-12-9(2)10-6-7-11(12)8-10;1-3-9(2)12(14)15-11-6-4-10(8-13)5-7-11;1-3-9(2)12(14)15-11-7-5-4-6-10(11)8-13;1-3-10(2)11(14)15-12(9-13)7-5-4-6-8-12;1-6-10(4,5)9(11)12-7-8(2)3;1-4-9(2,3)8(11)12-7-5-6-10;1-4-8(3)9(10)12-7-6-11-5-2;1-5-7-11-8(10)9(3,4)6-2;1-3-7(2)8(10)11-6-4-5-9;1-5-8(3,4)7(9)10-6-2/h10-12H,2,5-8H2,1,3-4H3;2*4-7,9H,3H2,1-2H3;10H,3-8H2,1-2H3;2,6-7H2,1,3-5H3;4-5,7H2,1-3H3;5,8H,2,4,6-7H2,1,3H3;5H,1,6-7H2,2-4H3;7H,3-4,6H2,1-2H3;6H,2,5H2,1,3-4H3. The molecule has 2 aromatic carbocycles. The zero-order valence-electron chi connectivity index (χ0n) is 83.2. The maximum atomic E-state index is 12.0. The normalized spacial score (nSPS) is 15.1. The van der Waals surface area contributed by atoms with Crippen LogP contribution in [-0.4, -0.2) is 111 Å². The van der Waals surface area contributed by atoms with Crippen LogP contribution < -0.4 is 9.47 Å². The average molecular weight is 1800 g/mol. The van der Waals surface area contributed by atoms with Crippen LogP contribution >= 0.6 is 0 Å². The third-order valence-electron chi connectivity index (χ3n) is 22.3. The fraction of sp³-hybridized carbons (Fsp3) is 0.641. The Kier molecular flexibility index (Phi) is 68.7. The lowest BCUT2D eigenvalue weighted by Crippen LogP contribution is -2.37. The lowest BCUT2D eigenvalue weighted by atomic mass is 9.85. The fourth-order valence-electron chi connectivity index (χ4n) is 9.58. The number of carbonyl (C=O) groups excluding carboxylic acids is 10. The first-order chi connectivity index (χ1) is 60.4. The van der Waals surface area contributed by atoms with E-state index in [0.29, 0.717) is 73.7 Å². The van der Waals surface area contributed by atoms with E-state index in [-0.39, 0.29) is 143 Å². The predicted octanol–water partition coefficient (Wildman–Crippen LogP) is 23.0. The van der Waals surface area contributed by atoms with Gasteiger partial charge in [0.2, 0.25) is 0 Å². The molecule has 5 rings (SSSR count). The van der Waals surface area contributed by atoms with Crippen molar-refractivity contribution in [1.29, 1.82) is 26.3 Å². The van der Waals surface area contributed by atoms with E-state index in [4.69, 9.17) is 73.7 Å². The average Bonchev–Trinajstić information content (AvgIpc) is 1.64. The largest absolute Gasteiger partial charge is 0.498 e. The number of nitrogens with zero attached hydrogens (tertiary/aromatic N) is 5. The Morgan fingerprint density at radius 1 is 0.481 bits per heavy atom. The van der Waals surface area contributed by atoms with E-state index in [1.54, 1.807) is 61.5 Å². The first-order valence-electron chi connectivity index (χ1n) is 45.3. The summed E-state index contributed by atoms with van der Waals surface area (Å²) in [5, 5.41) is 42.8. The van der Waals surface area contributed by atoms with Gasteiger partial charge in [-0.3, -0.25) is 47.9 Å². The number of hydrogen-bond acceptors (Lipinski definition) is 26. The van der Waals surface area contributed by atoms with Crippen molar-refractivity contribution < 1.29 is 100 Å². The Morgan fingerprint density at radius 2 is 0.899 bits per heavy atom. The van der Waals surface area contributed by atoms with Crippen molar-refractivity contribution in [1.82, 2.24) is 0 Å². The number of hydrogen-bond donors (Lipinski definition) is 0. The highest BCUT2D eigenvalue weighted by molar-refractivity contribution is 5.79. The molecule has 3 fully saturated rings. The molecule has 722 valence electrons. The van der Waals surface area contributed by atoms with Crippen LogP contribution in [0.25, 0.3) is 0 Å². The van der Waals surface area contributed by atoms with Gasteiger partial charge in [0.05, 0.1) is 111 Å². The Labute approximate surface area is 774 Å². The van der Waals surface area contributed by atoms with Crippen LogP contribution in [-0.2, 0) is 90.6 Å². The number of fused-ring (bicyclic) bond motifs is 2. The lowest BCUT2D eigenvalue weighted by molar-refractivity contribution is -0.162. The van der Waals surface area contributed by atoms with Crippen LogP contribution in [0, 0.1) is 125 Å². The summed E-state index contributed by atoms with van der Waals surface area (Å²) < 4.78 is 55.2. The molecule has 0 saturated heterocycles. The van der Waals surface area contributed by atoms with Gasteiger partial charge in [0, 0.05) is 18.8 Å². The van der Waals surface area contributed by atoms with Gasteiger partial charge in [0.1, 0.15) is 69.4 Å². The van der Waals surface area contributed by atoms with E-state index >= 15 is 0 Å². The second-order valence-corrected chi connectivity index (χ2v) is 34.9. The predicted molar refractivity (Wildman–Crippen MR) is 501 cm³/mol.